The predicted molar refractivity (Wildman–Crippen MR) is 206 cm³/mol. The van der Waals surface area contributed by atoms with Crippen molar-refractivity contribution in [2.45, 2.75) is 224 Å². The summed E-state index contributed by atoms with van der Waals surface area (Å²) in [7, 11) is -4.59. The average molecular weight is 781 g/mol. The lowest BCUT2D eigenvalue weighted by Gasteiger charge is -2.40. The van der Waals surface area contributed by atoms with Gasteiger partial charge in [0.05, 0.1) is 6.61 Å². The largest absolute Gasteiger partial charge is 0.462 e. The van der Waals surface area contributed by atoms with Crippen molar-refractivity contribution in [1.29, 1.82) is 0 Å². The van der Waals surface area contributed by atoms with Crippen molar-refractivity contribution in [1.82, 2.24) is 0 Å². The summed E-state index contributed by atoms with van der Waals surface area (Å²) in [6.45, 7) is 3.72. The molecule has 314 valence electrons. The van der Waals surface area contributed by atoms with Gasteiger partial charge in [-0.2, -0.15) is 8.42 Å². The maximum Gasteiger partial charge on any atom is 0.306 e. The summed E-state index contributed by atoms with van der Waals surface area (Å²) in [5.41, 5.74) is 0. The topological polar surface area (TPSA) is 186 Å². The van der Waals surface area contributed by atoms with Crippen LogP contribution in [-0.2, 0) is 38.7 Å². The first-order valence-electron chi connectivity index (χ1n) is 21.1. The maximum atomic E-state index is 12.7. The molecule has 0 amide bonds. The van der Waals surface area contributed by atoms with Gasteiger partial charge in [-0.1, -0.05) is 162 Å². The highest BCUT2D eigenvalue weighted by atomic mass is 32.2. The summed E-state index contributed by atoms with van der Waals surface area (Å²) in [5.74, 6) is -1.97. The molecule has 1 heterocycles. The van der Waals surface area contributed by atoms with Crippen molar-refractivity contribution in [2.24, 2.45) is 0 Å². The molecule has 1 aliphatic heterocycles. The molecule has 1 fully saturated rings. The van der Waals surface area contributed by atoms with Crippen LogP contribution < -0.4 is 0 Å². The van der Waals surface area contributed by atoms with Crippen molar-refractivity contribution >= 4 is 22.1 Å². The van der Waals surface area contributed by atoms with Crippen LogP contribution >= 0.6 is 0 Å². The van der Waals surface area contributed by atoms with E-state index in [2.05, 4.69) is 13.8 Å². The third-order valence-corrected chi connectivity index (χ3v) is 10.7. The van der Waals surface area contributed by atoms with E-state index in [0.717, 1.165) is 38.5 Å². The van der Waals surface area contributed by atoms with E-state index in [0.29, 0.717) is 12.8 Å². The first-order chi connectivity index (χ1) is 25.5. The molecule has 0 aromatic rings. The zero-order valence-electron chi connectivity index (χ0n) is 33.1. The predicted octanol–water partition coefficient (Wildman–Crippen LogP) is 7.73. The summed E-state index contributed by atoms with van der Waals surface area (Å²) in [6.07, 6.45) is 20.3. The van der Waals surface area contributed by atoms with Gasteiger partial charge in [-0.05, 0) is 12.8 Å². The molecule has 0 bridgehead atoms. The molecule has 0 radical (unpaired) electrons. The molecule has 0 aromatic carbocycles. The molecular weight excluding hydrogens is 704 g/mol. The second-order valence-corrected chi connectivity index (χ2v) is 16.5. The number of aliphatic hydroxyl groups is 3. The van der Waals surface area contributed by atoms with Gasteiger partial charge in [0, 0.05) is 12.8 Å². The van der Waals surface area contributed by atoms with Gasteiger partial charge in [0.15, 0.2) is 12.4 Å². The van der Waals surface area contributed by atoms with E-state index in [9.17, 15) is 37.9 Å². The van der Waals surface area contributed by atoms with Gasteiger partial charge in [0.25, 0.3) is 10.1 Å². The zero-order chi connectivity index (χ0) is 39.2. The van der Waals surface area contributed by atoms with Crippen LogP contribution in [0.3, 0.4) is 0 Å². The number of carbonyl (C=O) groups is 2. The Morgan fingerprint density at radius 3 is 1.38 bits per heavy atom. The van der Waals surface area contributed by atoms with E-state index >= 15 is 0 Å². The smallest absolute Gasteiger partial charge is 0.306 e. The van der Waals surface area contributed by atoms with Gasteiger partial charge in [0.2, 0.25) is 0 Å². The first kappa shape index (κ1) is 49.7. The fourth-order valence-electron chi connectivity index (χ4n) is 6.62. The number of esters is 2. The molecule has 6 atom stereocenters. The van der Waals surface area contributed by atoms with E-state index in [1.54, 1.807) is 0 Å². The van der Waals surface area contributed by atoms with Crippen molar-refractivity contribution in [3.8, 4) is 0 Å². The van der Waals surface area contributed by atoms with Crippen LogP contribution in [0.5, 0.6) is 0 Å². The fraction of sp³-hybridized carbons (Fsp3) is 0.950. The fourth-order valence-corrected chi connectivity index (χ4v) is 7.31. The molecule has 13 heteroatoms. The number of unbranched alkanes of at least 4 members (excludes halogenated alkanes) is 23. The number of carbonyl (C=O) groups excluding carboxylic acids is 2. The van der Waals surface area contributed by atoms with Crippen LogP contribution in [0.15, 0.2) is 0 Å². The number of rotatable bonds is 35. The second kappa shape index (κ2) is 31.8. The Kier molecular flexibility index (Phi) is 29.8. The van der Waals surface area contributed by atoms with E-state index in [1.807, 2.05) is 0 Å². The second-order valence-electron chi connectivity index (χ2n) is 15.0. The lowest BCUT2D eigenvalue weighted by molar-refractivity contribution is -0.297. The van der Waals surface area contributed by atoms with Crippen LogP contribution in [0.1, 0.15) is 187 Å². The summed E-state index contributed by atoms with van der Waals surface area (Å²) in [6, 6.07) is 0. The Labute approximate surface area is 321 Å². The standard InChI is InChI=1S/C40H76O12S/c1-3-5-7-9-11-13-14-15-16-17-18-19-20-21-23-24-26-28-35(41)49-30-33(51-36(42)29-27-25-22-12-10-8-6-4-2)31-50-40-39(45)38(44)37(43)34(52-40)32-53(46,47)48/h33-34,37-40,43-45H,3-32H2,1-2H3,(H,46,47,48)/t33-,34-,37-,38?,39?,40+/m1/s1. The van der Waals surface area contributed by atoms with Gasteiger partial charge in [0.1, 0.15) is 36.8 Å². The maximum absolute atomic E-state index is 12.7. The molecule has 0 saturated carbocycles. The molecule has 1 rings (SSSR count). The lowest BCUT2D eigenvalue weighted by atomic mass is 10.00. The average Bonchev–Trinajstić information content (AvgIpc) is 3.12. The van der Waals surface area contributed by atoms with Crippen molar-refractivity contribution < 1.29 is 56.8 Å². The van der Waals surface area contributed by atoms with Crippen LogP contribution in [0, 0.1) is 0 Å². The SMILES string of the molecule is CCCCCCCCCCCCCCCCCCCC(=O)OC[C@H](CO[C@H]1O[C@H](CS(=O)(=O)O)[C@@H](O)C(O)C1O)OC(=O)CCCCCCCCCC. The number of hydrogen-bond acceptors (Lipinski definition) is 11. The third kappa shape index (κ3) is 27.0. The van der Waals surface area contributed by atoms with E-state index in [-0.39, 0.29) is 19.4 Å². The first-order valence-corrected chi connectivity index (χ1v) is 22.7. The minimum atomic E-state index is -4.59. The Balaban J connectivity index is 2.40. The number of ether oxygens (including phenoxy) is 4. The summed E-state index contributed by atoms with van der Waals surface area (Å²) < 4.78 is 53.8. The molecule has 0 aliphatic carbocycles. The Morgan fingerprint density at radius 2 is 0.962 bits per heavy atom. The van der Waals surface area contributed by atoms with Crippen molar-refractivity contribution in [3.05, 3.63) is 0 Å². The summed E-state index contributed by atoms with van der Waals surface area (Å²) in [4.78, 5) is 25.2. The van der Waals surface area contributed by atoms with Gasteiger partial charge in [-0.25, -0.2) is 0 Å². The number of hydrogen-bond donors (Lipinski definition) is 4. The van der Waals surface area contributed by atoms with E-state index in [1.165, 1.54) is 109 Å². The molecule has 0 aromatic heterocycles. The molecule has 4 N–H and O–H groups in total. The minimum Gasteiger partial charge on any atom is -0.462 e. The van der Waals surface area contributed by atoms with Gasteiger partial charge >= 0.3 is 11.9 Å². The number of aliphatic hydroxyl groups excluding tert-OH is 3. The quantitative estimate of drug-likeness (QED) is 0.0279. The van der Waals surface area contributed by atoms with Gasteiger partial charge in [-0.3, -0.25) is 14.1 Å². The summed E-state index contributed by atoms with van der Waals surface area (Å²) >= 11 is 0. The van der Waals surface area contributed by atoms with Crippen LogP contribution in [0.2, 0.25) is 0 Å². The van der Waals surface area contributed by atoms with Crippen LogP contribution in [0.4, 0.5) is 0 Å². The van der Waals surface area contributed by atoms with E-state index in [4.69, 9.17) is 18.9 Å². The Hall–Kier alpha value is -1.35. The van der Waals surface area contributed by atoms with E-state index < -0.39 is 71.2 Å². The highest BCUT2D eigenvalue weighted by molar-refractivity contribution is 7.85. The van der Waals surface area contributed by atoms with Crippen LogP contribution in [-0.4, -0.2) is 96.0 Å². The molecule has 53 heavy (non-hydrogen) atoms. The van der Waals surface area contributed by atoms with Gasteiger partial charge in [-0.15, -0.1) is 0 Å². The Morgan fingerprint density at radius 1 is 0.566 bits per heavy atom. The molecule has 0 spiro atoms. The van der Waals surface area contributed by atoms with Crippen LogP contribution in [0.25, 0.3) is 0 Å². The minimum absolute atomic E-state index is 0.169. The molecule has 12 nitrogen and oxygen atoms in total. The third-order valence-electron chi connectivity index (χ3n) is 9.94. The normalized spacial score (nSPS) is 21.1. The van der Waals surface area contributed by atoms with Crippen molar-refractivity contribution in [2.75, 3.05) is 19.0 Å². The molecule has 2 unspecified atom stereocenters. The summed E-state index contributed by atoms with van der Waals surface area (Å²) in [5, 5.41) is 30.7. The Bertz CT molecular complexity index is 1010. The van der Waals surface area contributed by atoms with Gasteiger partial charge < -0.3 is 34.3 Å². The highest BCUT2D eigenvalue weighted by Crippen LogP contribution is 2.24. The lowest BCUT2D eigenvalue weighted by Crippen LogP contribution is -2.60. The highest BCUT2D eigenvalue weighted by Gasteiger charge is 2.46. The zero-order valence-corrected chi connectivity index (χ0v) is 34.0. The molecule has 1 aliphatic rings. The monoisotopic (exact) mass is 781 g/mol. The van der Waals surface area contributed by atoms with Crippen molar-refractivity contribution in [3.63, 3.8) is 0 Å². The molecule has 1 saturated heterocycles. The molecular formula is C40H76O12S.